The van der Waals surface area contributed by atoms with Gasteiger partial charge in [0, 0.05) is 17.0 Å². The summed E-state index contributed by atoms with van der Waals surface area (Å²) < 4.78 is 90.0. The second-order valence-corrected chi connectivity index (χ2v) is 9.43. The van der Waals surface area contributed by atoms with E-state index in [0.717, 1.165) is 28.7 Å². The van der Waals surface area contributed by atoms with E-state index in [4.69, 9.17) is 0 Å². The van der Waals surface area contributed by atoms with E-state index in [2.05, 4.69) is 20.3 Å². The normalized spacial score (nSPS) is 25.1. The van der Waals surface area contributed by atoms with Crippen molar-refractivity contribution in [2.75, 3.05) is 0 Å². The van der Waals surface area contributed by atoms with Crippen LogP contribution in [0, 0.1) is 17.0 Å². The minimum absolute atomic E-state index is 0.0284. The molecule has 0 radical (unpaired) electrons. The summed E-state index contributed by atoms with van der Waals surface area (Å²) in [6, 6.07) is 8.65. The summed E-state index contributed by atoms with van der Waals surface area (Å²) in [6.45, 7) is -4.02. The number of halogens is 6. The molecule has 2 bridgehead atoms. The Morgan fingerprint density at radius 1 is 1.06 bits per heavy atom. The lowest BCUT2D eigenvalue weighted by molar-refractivity contribution is -0.347. The second-order valence-electron chi connectivity index (χ2n) is 9.43. The van der Waals surface area contributed by atoms with Gasteiger partial charge < -0.3 is 9.84 Å². The minimum Gasteiger partial charge on any atom is -0.377 e. The first-order chi connectivity index (χ1) is 16.5. The third-order valence-electron chi connectivity index (χ3n) is 7.32. The topological polar surface area (TPSA) is 73.1 Å². The van der Waals surface area contributed by atoms with Crippen LogP contribution in [0.2, 0.25) is 0 Å². The number of aromatic nitrogens is 4. The van der Waals surface area contributed by atoms with E-state index in [1.165, 1.54) is 0 Å². The van der Waals surface area contributed by atoms with E-state index < -0.39 is 52.7 Å². The molecule has 6 rings (SSSR count). The van der Waals surface area contributed by atoms with Crippen molar-refractivity contribution in [1.82, 2.24) is 20.2 Å². The Balaban J connectivity index is 1.41. The maximum absolute atomic E-state index is 16.1. The largest absolute Gasteiger partial charge is 0.377 e. The summed E-state index contributed by atoms with van der Waals surface area (Å²) in [6.07, 6.45) is 1.10. The van der Waals surface area contributed by atoms with Crippen LogP contribution >= 0.6 is 0 Å². The lowest BCUT2D eigenvalue weighted by Gasteiger charge is -2.74. The fraction of sp³-hybridized carbons (Fsp3) is 0.435. The average Bonchev–Trinajstić information content (AvgIpc) is 3.23. The average molecular weight is 498 g/mol. The minimum atomic E-state index is -3.82. The summed E-state index contributed by atoms with van der Waals surface area (Å²) in [5, 5.41) is 21.7. The summed E-state index contributed by atoms with van der Waals surface area (Å²) >= 11 is 0. The first-order valence-electron chi connectivity index (χ1n) is 10.8. The predicted molar refractivity (Wildman–Crippen MR) is 108 cm³/mol. The summed E-state index contributed by atoms with van der Waals surface area (Å²) in [7, 11) is 0. The number of alkyl halides is 4. The molecule has 3 saturated carbocycles. The van der Waals surface area contributed by atoms with Gasteiger partial charge in [0.1, 0.15) is 18.0 Å². The van der Waals surface area contributed by atoms with Crippen LogP contribution in [0.3, 0.4) is 0 Å². The number of ether oxygens (including phenoxy) is 1. The highest BCUT2D eigenvalue weighted by molar-refractivity contribution is 5.43. The highest BCUT2D eigenvalue weighted by Gasteiger charge is 2.82. The Morgan fingerprint density at radius 2 is 1.74 bits per heavy atom. The van der Waals surface area contributed by atoms with Gasteiger partial charge in [-0.3, -0.25) is 0 Å². The molecular formula is C23H20F6N4O2. The molecule has 0 amide bonds. The molecule has 3 fully saturated rings. The molecular weight excluding hydrogens is 478 g/mol. The van der Waals surface area contributed by atoms with E-state index in [-0.39, 0.29) is 25.9 Å². The van der Waals surface area contributed by atoms with Crippen molar-refractivity contribution in [1.29, 1.82) is 0 Å². The molecule has 35 heavy (non-hydrogen) atoms. The smallest absolute Gasteiger partial charge is 0.345 e. The Bertz CT molecular complexity index is 1200. The predicted octanol–water partition coefficient (Wildman–Crippen LogP) is 4.34. The van der Waals surface area contributed by atoms with Gasteiger partial charge in [0.05, 0.1) is 13.2 Å². The Kier molecular flexibility index (Phi) is 5.44. The second kappa shape index (κ2) is 8.02. The number of aliphatic hydroxyl groups is 1. The number of benzene rings is 2. The van der Waals surface area contributed by atoms with Gasteiger partial charge in [-0.15, -0.1) is 5.10 Å². The SMILES string of the molecule is O[C@](Cn1cnnn1)(c1ccc(F)cc1F)C(F)(F)C12CC(c3ccc(COC(F)F)cc3)(C1)C2. The fourth-order valence-electron chi connectivity index (χ4n) is 5.65. The number of tetrazole rings is 1. The van der Waals surface area contributed by atoms with Gasteiger partial charge in [-0.2, -0.15) is 8.78 Å². The van der Waals surface area contributed by atoms with Crippen LogP contribution in [0.25, 0.3) is 0 Å². The third kappa shape index (κ3) is 3.61. The zero-order valence-electron chi connectivity index (χ0n) is 18.1. The van der Waals surface area contributed by atoms with Crippen molar-refractivity contribution in [3.05, 3.63) is 77.1 Å². The van der Waals surface area contributed by atoms with Crippen LogP contribution in [0.5, 0.6) is 0 Å². The highest BCUT2D eigenvalue weighted by atomic mass is 19.3. The van der Waals surface area contributed by atoms with Crippen LogP contribution in [-0.2, 0) is 28.9 Å². The van der Waals surface area contributed by atoms with Crippen molar-refractivity contribution < 1.29 is 36.2 Å². The molecule has 3 aliphatic rings. The fourth-order valence-corrected chi connectivity index (χ4v) is 5.65. The van der Waals surface area contributed by atoms with E-state index in [0.29, 0.717) is 11.6 Å². The number of hydrogen-bond acceptors (Lipinski definition) is 5. The standard InChI is InChI=1S/C23H20F6N4O2/c24-16-5-6-17(18(25)7-16)22(34,12-33-13-30-31-32-33)23(28,29)21-9-20(10-21,11-21)15-3-1-14(2-4-15)8-35-19(26)27/h1-7,13,19,34H,8-12H2/t20?,21?,22-/m1/s1. The molecule has 186 valence electrons. The summed E-state index contributed by atoms with van der Waals surface area (Å²) in [5.41, 5.74) is -4.68. The van der Waals surface area contributed by atoms with E-state index >= 15 is 8.78 Å². The molecule has 3 aliphatic carbocycles. The first kappa shape index (κ1) is 23.7. The zero-order valence-corrected chi connectivity index (χ0v) is 18.1. The molecule has 0 unspecified atom stereocenters. The van der Waals surface area contributed by atoms with Crippen molar-refractivity contribution in [2.45, 2.75) is 56.0 Å². The molecule has 1 aromatic heterocycles. The van der Waals surface area contributed by atoms with Crippen LogP contribution in [0.15, 0.2) is 48.8 Å². The van der Waals surface area contributed by atoms with Gasteiger partial charge >= 0.3 is 6.61 Å². The number of hydrogen-bond donors (Lipinski definition) is 1. The quantitative estimate of drug-likeness (QED) is 0.445. The molecule has 0 saturated heterocycles. The summed E-state index contributed by atoms with van der Waals surface area (Å²) in [4.78, 5) is 0. The van der Waals surface area contributed by atoms with Gasteiger partial charge in [0.15, 0.2) is 5.60 Å². The summed E-state index contributed by atoms with van der Waals surface area (Å²) in [5.74, 6) is -6.09. The maximum Gasteiger partial charge on any atom is 0.345 e. The van der Waals surface area contributed by atoms with Crippen LogP contribution < -0.4 is 0 Å². The molecule has 1 heterocycles. The molecule has 12 heteroatoms. The van der Waals surface area contributed by atoms with E-state index in [1.807, 2.05) is 0 Å². The lowest BCUT2D eigenvalue weighted by atomic mass is 9.30. The van der Waals surface area contributed by atoms with Crippen molar-refractivity contribution in [2.24, 2.45) is 5.41 Å². The highest BCUT2D eigenvalue weighted by Crippen LogP contribution is 2.80. The molecule has 1 N–H and O–H groups in total. The van der Waals surface area contributed by atoms with E-state index in [9.17, 15) is 22.7 Å². The Labute approximate surface area is 195 Å². The molecule has 3 aromatic rings. The third-order valence-corrected chi connectivity index (χ3v) is 7.32. The molecule has 0 spiro atoms. The Hall–Kier alpha value is -2.99. The lowest BCUT2D eigenvalue weighted by Crippen LogP contribution is -2.76. The van der Waals surface area contributed by atoms with Crippen molar-refractivity contribution in [3.63, 3.8) is 0 Å². The van der Waals surface area contributed by atoms with Crippen LogP contribution in [0.4, 0.5) is 26.3 Å². The Morgan fingerprint density at radius 3 is 2.31 bits per heavy atom. The number of nitrogens with zero attached hydrogens (tertiary/aromatic N) is 4. The van der Waals surface area contributed by atoms with E-state index in [1.54, 1.807) is 24.3 Å². The first-order valence-corrected chi connectivity index (χ1v) is 10.8. The monoisotopic (exact) mass is 498 g/mol. The van der Waals surface area contributed by atoms with Gasteiger partial charge in [0.25, 0.3) is 5.92 Å². The molecule has 1 atom stereocenters. The zero-order chi connectivity index (χ0) is 25.1. The van der Waals surface area contributed by atoms with Gasteiger partial charge in [-0.25, -0.2) is 22.2 Å². The van der Waals surface area contributed by atoms with Crippen molar-refractivity contribution >= 4 is 0 Å². The molecule has 2 aromatic carbocycles. The number of rotatable bonds is 9. The molecule has 6 nitrogen and oxygen atoms in total. The van der Waals surface area contributed by atoms with Gasteiger partial charge in [0.2, 0.25) is 0 Å². The maximum atomic E-state index is 16.1. The van der Waals surface area contributed by atoms with Crippen LogP contribution in [-0.4, -0.2) is 37.8 Å². The van der Waals surface area contributed by atoms with Gasteiger partial charge in [-0.05, 0) is 58.4 Å². The van der Waals surface area contributed by atoms with Gasteiger partial charge in [-0.1, -0.05) is 24.3 Å². The van der Waals surface area contributed by atoms with Crippen LogP contribution in [0.1, 0.15) is 36.0 Å². The van der Waals surface area contributed by atoms with Crippen molar-refractivity contribution in [3.8, 4) is 0 Å². The molecule has 0 aliphatic heterocycles.